The molecule has 0 saturated heterocycles. The van der Waals surface area contributed by atoms with Crippen LogP contribution in [0.25, 0.3) is 0 Å². The highest BCUT2D eigenvalue weighted by Crippen LogP contribution is 2.20. The Morgan fingerprint density at radius 2 is 2.14 bits per heavy atom. The van der Waals surface area contributed by atoms with E-state index in [0.717, 1.165) is 24.2 Å². The van der Waals surface area contributed by atoms with Gasteiger partial charge in [0.15, 0.2) is 5.82 Å². The topological polar surface area (TPSA) is 54.0 Å². The van der Waals surface area contributed by atoms with Crippen molar-refractivity contribution in [1.82, 2.24) is 4.98 Å². The minimum atomic E-state index is -0.222. The van der Waals surface area contributed by atoms with Crippen molar-refractivity contribution < 1.29 is 4.79 Å². The van der Waals surface area contributed by atoms with Gasteiger partial charge in [-0.15, -0.1) is 0 Å². The van der Waals surface area contributed by atoms with E-state index in [-0.39, 0.29) is 5.91 Å². The first-order valence-electron chi connectivity index (χ1n) is 6.88. The molecule has 4 nitrogen and oxygen atoms in total. The molecule has 2 aromatic rings. The summed E-state index contributed by atoms with van der Waals surface area (Å²) in [7, 11) is 0. The number of pyridine rings is 1. The third-order valence-electron chi connectivity index (χ3n) is 3.04. The van der Waals surface area contributed by atoms with Gasteiger partial charge in [0.1, 0.15) is 0 Å². The van der Waals surface area contributed by atoms with Crippen LogP contribution in [-0.4, -0.2) is 17.4 Å². The van der Waals surface area contributed by atoms with Crippen LogP contribution in [0.5, 0.6) is 0 Å². The lowest BCUT2D eigenvalue weighted by Gasteiger charge is -2.11. The highest BCUT2D eigenvalue weighted by Gasteiger charge is 2.10. The fourth-order valence-corrected chi connectivity index (χ4v) is 2.09. The summed E-state index contributed by atoms with van der Waals surface area (Å²) in [6.45, 7) is 5.00. The summed E-state index contributed by atoms with van der Waals surface area (Å²) in [6, 6.07) is 8.96. The monoisotopic (exact) mass is 303 g/mol. The molecular weight excluding hydrogens is 286 g/mol. The Kier molecular flexibility index (Phi) is 5.17. The Morgan fingerprint density at radius 1 is 1.33 bits per heavy atom. The molecular formula is C16H18ClN3O. The predicted octanol–water partition coefficient (Wildman–Crippen LogP) is 4.12. The number of hydrogen-bond acceptors (Lipinski definition) is 3. The Morgan fingerprint density at radius 3 is 2.81 bits per heavy atom. The van der Waals surface area contributed by atoms with Crippen LogP contribution in [0.2, 0.25) is 5.02 Å². The second-order valence-electron chi connectivity index (χ2n) is 4.74. The summed E-state index contributed by atoms with van der Waals surface area (Å²) in [6.07, 6.45) is 2.64. The smallest absolute Gasteiger partial charge is 0.256 e. The highest BCUT2D eigenvalue weighted by molar-refractivity contribution is 6.33. The highest BCUT2D eigenvalue weighted by atomic mass is 35.5. The molecule has 0 unspecified atom stereocenters. The van der Waals surface area contributed by atoms with E-state index in [1.54, 1.807) is 24.4 Å². The van der Waals surface area contributed by atoms with E-state index in [1.165, 1.54) is 0 Å². The van der Waals surface area contributed by atoms with Gasteiger partial charge in [-0.05, 0) is 49.2 Å². The zero-order valence-corrected chi connectivity index (χ0v) is 12.9. The number of aryl methyl sites for hydroxylation is 1. The number of hydrogen-bond donors (Lipinski definition) is 2. The Labute approximate surface area is 129 Å². The van der Waals surface area contributed by atoms with Gasteiger partial charge in [-0.25, -0.2) is 4.98 Å². The van der Waals surface area contributed by atoms with Crippen molar-refractivity contribution in [2.45, 2.75) is 20.3 Å². The molecule has 1 aromatic heterocycles. The van der Waals surface area contributed by atoms with Crippen LogP contribution >= 0.6 is 11.6 Å². The van der Waals surface area contributed by atoms with E-state index >= 15 is 0 Å². The number of nitrogens with one attached hydrogen (secondary N) is 2. The minimum absolute atomic E-state index is 0.222. The summed E-state index contributed by atoms with van der Waals surface area (Å²) in [4.78, 5) is 16.3. The van der Waals surface area contributed by atoms with E-state index in [1.807, 2.05) is 19.1 Å². The lowest BCUT2D eigenvalue weighted by Crippen LogP contribution is -2.14. The number of nitrogens with zero attached hydrogens (tertiary/aromatic N) is 1. The number of carbonyl (C=O) groups is 1. The second kappa shape index (κ2) is 7.09. The van der Waals surface area contributed by atoms with Crippen molar-refractivity contribution >= 4 is 29.0 Å². The van der Waals surface area contributed by atoms with Crippen LogP contribution in [0.1, 0.15) is 29.3 Å². The standard InChI is InChI=1S/C16H18ClN3O/c1-3-8-18-14-7-6-12(10-11(14)2)16(21)20-15-13(17)5-4-9-19-15/h4-7,9-10,18H,3,8H2,1-2H3,(H,19,20,21). The number of amides is 1. The molecule has 2 rings (SSSR count). The number of carbonyl (C=O) groups excluding carboxylic acids is 1. The average Bonchev–Trinajstić information content (AvgIpc) is 2.48. The van der Waals surface area contributed by atoms with Crippen molar-refractivity contribution in [3.63, 3.8) is 0 Å². The van der Waals surface area contributed by atoms with Gasteiger partial charge in [0.05, 0.1) is 5.02 Å². The van der Waals surface area contributed by atoms with E-state index in [4.69, 9.17) is 11.6 Å². The normalized spacial score (nSPS) is 10.2. The predicted molar refractivity (Wildman–Crippen MR) is 87.2 cm³/mol. The molecule has 0 radical (unpaired) electrons. The molecule has 0 saturated carbocycles. The molecule has 0 aliphatic rings. The van der Waals surface area contributed by atoms with E-state index in [2.05, 4.69) is 22.5 Å². The molecule has 1 heterocycles. The molecule has 0 atom stereocenters. The van der Waals surface area contributed by atoms with Gasteiger partial charge in [0, 0.05) is 24.0 Å². The summed E-state index contributed by atoms with van der Waals surface area (Å²) in [5, 5.41) is 6.46. The van der Waals surface area contributed by atoms with Crippen molar-refractivity contribution in [3.8, 4) is 0 Å². The van der Waals surface area contributed by atoms with Crippen LogP contribution in [0.4, 0.5) is 11.5 Å². The maximum Gasteiger partial charge on any atom is 0.256 e. The quantitative estimate of drug-likeness (QED) is 0.873. The van der Waals surface area contributed by atoms with Crippen molar-refractivity contribution in [1.29, 1.82) is 0 Å². The molecule has 0 aliphatic heterocycles. The summed E-state index contributed by atoms with van der Waals surface area (Å²) >= 11 is 5.98. The maximum atomic E-state index is 12.2. The first-order valence-corrected chi connectivity index (χ1v) is 7.26. The van der Waals surface area contributed by atoms with E-state index in [0.29, 0.717) is 16.4 Å². The first kappa shape index (κ1) is 15.3. The fraction of sp³-hybridized carbons (Fsp3) is 0.250. The summed E-state index contributed by atoms with van der Waals surface area (Å²) in [5.74, 6) is 0.149. The molecule has 2 N–H and O–H groups in total. The van der Waals surface area contributed by atoms with Crippen LogP contribution in [-0.2, 0) is 0 Å². The zero-order valence-electron chi connectivity index (χ0n) is 12.1. The Bertz CT molecular complexity index is 643. The number of benzene rings is 1. The van der Waals surface area contributed by atoms with Crippen LogP contribution in [0.3, 0.4) is 0 Å². The third kappa shape index (κ3) is 3.95. The van der Waals surface area contributed by atoms with Crippen molar-refractivity contribution in [2.24, 2.45) is 0 Å². The molecule has 0 spiro atoms. The number of anilines is 2. The van der Waals surface area contributed by atoms with Crippen LogP contribution in [0.15, 0.2) is 36.5 Å². The van der Waals surface area contributed by atoms with Gasteiger partial charge in [0.2, 0.25) is 0 Å². The third-order valence-corrected chi connectivity index (χ3v) is 3.35. The molecule has 21 heavy (non-hydrogen) atoms. The molecule has 110 valence electrons. The van der Waals surface area contributed by atoms with Gasteiger partial charge in [0.25, 0.3) is 5.91 Å². The largest absolute Gasteiger partial charge is 0.385 e. The molecule has 0 fully saturated rings. The van der Waals surface area contributed by atoms with Gasteiger partial charge < -0.3 is 10.6 Å². The van der Waals surface area contributed by atoms with Gasteiger partial charge in [-0.2, -0.15) is 0 Å². The molecule has 5 heteroatoms. The maximum absolute atomic E-state index is 12.2. The fourth-order valence-electron chi connectivity index (χ4n) is 1.92. The minimum Gasteiger partial charge on any atom is -0.385 e. The van der Waals surface area contributed by atoms with Crippen molar-refractivity contribution in [2.75, 3.05) is 17.2 Å². The van der Waals surface area contributed by atoms with Gasteiger partial charge in [-0.3, -0.25) is 4.79 Å². The first-order chi connectivity index (χ1) is 10.1. The summed E-state index contributed by atoms with van der Waals surface area (Å²) < 4.78 is 0. The van der Waals surface area contributed by atoms with Crippen LogP contribution < -0.4 is 10.6 Å². The second-order valence-corrected chi connectivity index (χ2v) is 5.15. The molecule has 1 amide bonds. The zero-order chi connectivity index (χ0) is 15.2. The molecule has 1 aromatic carbocycles. The van der Waals surface area contributed by atoms with Gasteiger partial charge in [-0.1, -0.05) is 18.5 Å². The molecule has 0 aliphatic carbocycles. The Balaban J connectivity index is 2.13. The van der Waals surface area contributed by atoms with Crippen LogP contribution in [0, 0.1) is 6.92 Å². The van der Waals surface area contributed by atoms with Crippen molar-refractivity contribution in [3.05, 3.63) is 52.7 Å². The summed E-state index contributed by atoms with van der Waals surface area (Å²) in [5.41, 5.74) is 2.66. The van der Waals surface area contributed by atoms with E-state index in [9.17, 15) is 4.79 Å². The number of rotatable bonds is 5. The SMILES string of the molecule is CCCNc1ccc(C(=O)Nc2ncccc2Cl)cc1C. The Hall–Kier alpha value is -2.07. The van der Waals surface area contributed by atoms with Gasteiger partial charge >= 0.3 is 0 Å². The number of halogens is 1. The average molecular weight is 304 g/mol. The molecule has 0 bridgehead atoms. The van der Waals surface area contributed by atoms with E-state index < -0.39 is 0 Å². The lowest BCUT2D eigenvalue weighted by molar-refractivity contribution is 0.102. The number of aromatic nitrogens is 1. The lowest BCUT2D eigenvalue weighted by atomic mass is 10.1.